The van der Waals surface area contributed by atoms with Crippen molar-refractivity contribution in [2.45, 2.75) is 38.6 Å². The van der Waals surface area contributed by atoms with E-state index in [1.807, 2.05) is 31.2 Å². The number of nitriles is 1. The molecule has 1 fully saturated rings. The van der Waals surface area contributed by atoms with Crippen LogP contribution >= 0.6 is 0 Å². The van der Waals surface area contributed by atoms with E-state index >= 15 is 0 Å². The number of hydrogen-bond acceptors (Lipinski definition) is 6. The minimum Gasteiger partial charge on any atom is -0.437 e. The summed E-state index contributed by atoms with van der Waals surface area (Å²) in [5.41, 5.74) is 2.59. The lowest BCUT2D eigenvalue weighted by molar-refractivity contribution is 0.460. The third kappa shape index (κ3) is 3.13. The molecule has 6 heteroatoms. The number of fused-ring (bicyclic) bond motifs is 1. The molecule has 0 spiro atoms. The lowest BCUT2D eigenvalue weighted by atomic mass is 10.2. The molecule has 2 aromatic rings. The molecule has 0 bridgehead atoms. The summed E-state index contributed by atoms with van der Waals surface area (Å²) in [7, 11) is 0. The summed E-state index contributed by atoms with van der Waals surface area (Å²) in [6.07, 6.45) is 4.75. The Hall–Kier alpha value is -3.07. The molecule has 1 aliphatic heterocycles. The van der Waals surface area contributed by atoms with Gasteiger partial charge in [-0.25, -0.2) is 9.97 Å². The van der Waals surface area contributed by atoms with Crippen LogP contribution in [0, 0.1) is 18.3 Å². The maximum atomic E-state index is 9.68. The summed E-state index contributed by atoms with van der Waals surface area (Å²) in [5, 5.41) is 16.2. The van der Waals surface area contributed by atoms with Crippen molar-refractivity contribution in [3.8, 4) is 11.8 Å². The van der Waals surface area contributed by atoms with Crippen LogP contribution in [0.15, 0.2) is 36.2 Å². The summed E-state index contributed by atoms with van der Waals surface area (Å²) in [6, 6.07) is 12.0. The molecule has 2 N–H and O–H groups in total. The van der Waals surface area contributed by atoms with Crippen LogP contribution < -0.4 is 15.4 Å². The van der Waals surface area contributed by atoms with Crippen molar-refractivity contribution >= 4 is 17.2 Å². The monoisotopic (exact) mass is 333 g/mol. The van der Waals surface area contributed by atoms with Crippen molar-refractivity contribution in [3.05, 3.63) is 47.6 Å². The molecule has 0 unspecified atom stereocenters. The van der Waals surface area contributed by atoms with Gasteiger partial charge in [-0.3, -0.25) is 0 Å². The first kappa shape index (κ1) is 15.5. The van der Waals surface area contributed by atoms with Gasteiger partial charge in [0.05, 0.1) is 11.4 Å². The molecule has 6 nitrogen and oxygen atoms in total. The molecule has 0 saturated heterocycles. The zero-order valence-corrected chi connectivity index (χ0v) is 14.0. The third-order valence-corrected chi connectivity index (χ3v) is 4.48. The number of hydrogen-bond donors (Lipinski definition) is 2. The largest absolute Gasteiger partial charge is 0.437 e. The van der Waals surface area contributed by atoms with E-state index in [4.69, 9.17) is 4.74 Å². The molecule has 0 atom stereocenters. The fraction of sp³-hybridized carbons (Fsp3) is 0.316. The van der Waals surface area contributed by atoms with Gasteiger partial charge in [0.15, 0.2) is 5.75 Å². The van der Waals surface area contributed by atoms with Crippen molar-refractivity contribution in [1.29, 1.82) is 5.26 Å². The van der Waals surface area contributed by atoms with Crippen molar-refractivity contribution < 1.29 is 4.74 Å². The Balaban J connectivity index is 1.67. The van der Waals surface area contributed by atoms with Crippen LogP contribution in [0.2, 0.25) is 0 Å². The molecule has 1 aromatic carbocycles. The molecular weight excluding hydrogens is 314 g/mol. The second-order valence-electron chi connectivity index (χ2n) is 6.38. The number of anilines is 2. The molecule has 2 aliphatic rings. The van der Waals surface area contributed by atoms with Gasteiger partial charge in [0.1, 0.15) is 11.6 Å². The Labute approximate surface area is 146 Å². The normalized spacial score (nSPS) is 18.1. The number of nitrogens with zero attached hydrogens (tertiary/aromatic N) is 3. The first-order chi connectivity index (χ1) is 12.2. The molecule has 25 heavy (non-hydrogen) atoms. The highest BCUT2D eigenvalue weighted by molar-refractivity contribution is 5.82. The fourth-order valence-electron chi connectivity index (χ4n) is 3.27. The van der Waals surface area contributed by atoms with Gasteiger partial charge in [-0.2, -0.15) is 5.26 Å². The smallest absolute Gasteiger partial charge is 0.223 e. The predicted octanol–water partition coefficient (Wildman–Crippen LogP) is 3.84. The average Bonchev–Trinajstić information content (AvgIpc) is 3.24. The Morgan fingerprint density at radius 2 is 2.08 bits per heavy atom. The predicted molar refractivity (Wildman–Crippen MR) is 95.9 cm³/mol. The van der Waals surface area contributed by atoms with Crippen molar-refractivity contribution in [2.24, 2.45) is 0 Å². The SMILES string of the molecule is Cc1cc(/C(C#N)=C2/Nc3ccccc3O2)nc(NC2CCCC2)n1. The van der Waals surface area contributed by atoms with E-state index in [0.717, 1.165) is 24.2 Å². The van der Waals surface area contributed by atoms with Gasteiger partial charge in [-0.05, 0) is 38.0 Å². The van der Waals surface area contributed by atoms with Crippen LogP contribution in [0.25, 0.3) is 5.57 Å². The van der Waals surface area contributed by atoms with Crippen LogP contribution in [0.5, 0.6) is 5.75 Å². The van der Waals surface area contributed by atoms with Gasteiger partial charge in [0.25, 0.3) is 0 Å². The number of aromatic nitrogens is 2. The molecular formula is C19H19N5O. The van der Waals surface area contributed by atoms with E-state index in [0.29, 0.717) is 34.9 Å². The van der Waals surface area contributed by atoms with E-state index in [1.54, 1.807) is 6.07 Å². The van der Waals surface area contributed by atoms with E-state index < -0.39 is 0 Å². The Morgan fingerprint density at radius 3 is 2.84 bits per heavy atom. The number of aryl methyl sites for hydroxylation is 1. The number of para-hydroxylation sites is 2. The van der Waals surface area contributed by atoms with Crippen LogP contribution in [-0.4, -0.2) is 16.0 Å². The summed E-state index contributed by atoms with van der Waals surface area (Å²) in [5.74, 6) is 1.69. The maximum Gasteiger partial charge on any atom is 0.223 e. The lowest BCUT2D eigenvalue weighted by Gasteiger charge is -2.13. The highest BCUT2D eigenvalue weighted by Crippen LogP contribution is 2.35. The van der Waals surface area contributed by atoms with Crippen LogP contribution in [-0.2, 0) is 0 Å². The third-order valence-electron chi connectivity index (χ3n) is 4.48. The highest BCUT2D eigenvalue weighted by Gasteiger charge is 2.23. The highest BCUT2D eigenvalue weighted by atomic mass is 16.5. The minimum absolute atomic E-state index is 0.371. The van der Waals surface area contributed by atoms with Gasteiger partial charge in [0, 0.05) is 11.7 Å². The zero-order valence-electron chi connectivity index (χ0n) is 14.0. The van der Waals surface area contributed by atoms with Gasteiger partial charge in [-0.1, -0.05) is 25.0 Å². The topological polar surface area (TPSA) is 82.9 Å². The average molecular weight is 333 g/mol. The van der Waals surface area contributed by atoms with Crippen LogP contribution in [0.1, 0.15) is 37.1 Å². The second kappa shape index (κ2) is 6.44. The Bertz CT molecular complexity index is 851. The van der Waals surface area contributed by atoms with Gasteiger partial charge in [-0.15, -0.1) is 0 Å². The van der Waals surface area contributed by atoms with Crippen molar-refractivity contribution in [1.82, 2.24) is 9.97 Å². The Kier molecular flexibility index (Phi) is 3.98. The molecule has 0 radical (unpaired) electrons. The van der Waals surface area contributed by atoms with E-state index in [1.165, 1.54) is 12.8 Å². The van der Waals surface area contributed by atoms with Crippen molar-refractivity contribution in [2.75, 3.05) is 10.6 Å². The summed E-state index contributed by atoms with van der Waals surface area (Å²) < 4.78 is 5.79. The van der Waals surface area contributed by atoms with E-state index in [-0.39, 0.29) is 0 Å². The molecule has 1 aromatic heterocycles. The van der Waals surface area contributed by atoms with Gasteiger partial charge < -0.3 is 15.4 Å². The summed E-state index contributed by atoms with van der Waals surface area (Å²) in [4.78, 5) is 9.02. The molecule has 2 heterocycles. The number of nitrogens with one attached hydrogen (secondary N) is 2. The minimum atomic E-state index is 0.371. The zero-order chi connectivity index (χ0) is 17.2. The van der Waals surface area contributed by atoms with E-state index in [9.17, 15) is 5.26 Å². The quantitative estimate of drug-likeness (QED) is 0.831. The summed E-state index contributed by atoms with van der Waals surface area (Å²) >= 11 is 0. The summed E-state index contributed by atoms with van der Waals surface area (Å²) in [6.45, 7) is 1.91. The lowest BCUT2D eigenvalue weighted by Crippen LogP contribution is -2.17. The Morgan fingerprint density at radius 1 is 1.28 bits per heavy atom. The van der Waals surface area contributed by atoms with Crippen LogP contribution in [0.4, 0.5) is 11.6 Å². The van der Waals surface area contributed by atoms with Gasteiger partial charge >= 0.3 is 0 Å². The van der Waals surface area contributed by atoms with Crippen LogP contribution in [0.3, 0.4) is 0 Å². The van der Waals surface area contributed by atoms with E-state index in [2.05, 4.69) is 26.7 Å². The van der Waals surface area contributed by atoms with Gasteiger partial charge in [0.2, 0.25) is 11.8 Å². The molecule has 4 rings (SSSR count). The first-order valence-electron chi connectivity index (χ1n) is 8.54. The second-order valence-corrected chi connectivity index (χ2v) is 6.38. The number of allylic oxidation sites excluding steroid dienone is 1. The maximum absolute atomic E-state index is 9.68. The van der Waals surface area contributed by atoms with Crippen molar-refractivity contribution in [3.63, 3.8) is 0 Å². The fourth-order valence-corrected chi connectivity index (χ4v) is 3.27. The number of rotatable bonds is 3. The number of ether oxygens (including phenoxy) is 1. The molecule has 1 saturated carbocycles. The number of benzene rings is 1. The molecule has 1 aliphatic carbocycles. The molecule has 0 amide bonds. The first-order valence-corrected chi connectivity index (χ1v) is 8.54. The standard InChI is InChI=1S/C19H19N5O/c1-12-10-16(24-19(21-12)22-13-6-2-3-7-13)14(11-20)18-23-15-8-4-5-9-17(15)25-18/h4-5,8-10,13,23H,2-3,6-7H2,1H3,(H,21,22,24)/b18-14-. The molecule has 126 valence electrons.